The first-order valence-corrected chi connectivity index (χ1v) is 15.3. The number of rotatable bonds is 14. The summed E-state index contributed by atoms with van der Waals surface area (Å²) in [5.74, 6) is 6.83. The van der Waals surface area contributed by atoms with Gasteiger partial charge in [-0.25, -0.2) is 5.84 Å². The van der Waals surface area contributed by atoms with Crippen LogP contribution in [-0.2, 0) is 25.7 Å². The molecule has 11 heteroatoms. The van der Waals surface area contributed by atoms with Gasteiger partial charge in [-0.3, -0.25) is 14.4 Å². The zero-order valence-corrected chi connectivity index (χ0v) is 26.7. The van der Waals surface area contributed by atoms with Gasteiger partial charge in [0.05, 0.1) is 37.3 Å². The predicted molar refractivity (Wildman–Crippen MR) is 167 cm³/mol. The number of amides is 3. The maximum absolute atomic E-state index is 13.0. The predicted octanol–water partition coefficient (Wildman–Crippen LogP) is 2.89. The topological polar surface area (TPSA) is 172 Å². The van der Waals surface area contributed by atoms with Gasteiger partial charge in [0.1, 0.15) is 6.04 Å². The number of ether oxygens (including phenoxy) is 1. The maximum Gasteiger partial charge on any atom is 0.243 e. The molecule has 11 nitrogen and oxygen atoms in total. The van der Waals surface area contributed by atoms with Crippen LogP contribution < -0.4 is 27.5 Å². The van der Waals surface area contributed by atoms with Crippen LogP contribution in [-0.4, -0.2) is 58.2 Å². The summed E-state index contributed by atoms with van der Waals surface area (Å²) >= 11 is 0. The second-order valence-corrected chi connectivity index (χ2v) is 13.6. The fourth-order valence-electron chi connectivity index (χ4n) is 5.44. The zero-order valence-electron chi connectivity index (χ0n) is 26.7. The van der Waals surface area contributed by atoms with Crippen molar-refractivity contribution in [1.29, 1.82) is 0 Å². The van der Waals surface area contributed by atoms with E-state index >= 15 is 0 Å². The molecule has 1 aromatic carbocycles. The van der Waals surface area contributed by atoms with Crippen LogP contribution in [0, 0.1) is 17.8 Å². The van der Waals surface area contributed by atoms with E-state index < -0.39 is 29.0 Å². The summed E-state index contributed by atoms with van der Waals surface area (Å²) in [4.78, 5) is 38.3. The number of carbonyl (C=O) groups is 3. The monoisotopic (exact) mass is 600 g/mol. The minimum atomic E-state index is -0.826. The molecule has 3 unspecified atom stereocenters. The van der Waals surface area contributed by atoms with Gasteiger partial charge in [0.15, 0.2) is 0 Å². The van der Waals surface area contributed by atoms with Crippen molar-refractivity contribution < 1.29 is 24.2 Å². The quantitative estimate of drug-likeness (QED) is 0.140. The minimum absolute atomic E-state index is 0.0301. The molecule has 3 atom stereocenters. The summed E-state index contributed by atoms with van der Waals surface area (Å²) in [7, 11) is 0. The van der Waals surface area contributed by atoms with Crippen LogP contribution in [0.4, 0.5) is 5.69 Å². The number of allylic oxidation sites excluding steroid dienone is 2. The average Bonchev–Trinajstić information content (AvgIpc) is 3.69. The number of carbonyl (C=O) groups excluding carboxylic acids is 3. The van der Waals surface area contributed by atoms with E-state index in [0.717, 1.165) is 54.5 Å². The molecule has 2 aliphatic carbocycles. The normalized spacial score (nSPS) is 21.2. The van der Waals surface area contributed by atoms with Gasteiger partial charge >= 0.3 is 0 Å². The van der Waals surface area contributed by atoms with Gasteiger partial charge in [-0.2, -0.15) is 0 Å². The lowest BCUT2D eigenvalue weighted by Gasteiger charge is -2.41. The van der Waals surface area contributed by atoms with E-state index in [9.17, 15) is 14.4 Å². The Morgan fingerprint density at radius 3 is 2.28 bits per heavy atom. The molecule has 8 N–H and O–H groups in total. The second kappa shape index (κ2) is 14.5. The fraction of sp³-hybridized carbons (Fsp3) is 0.656. The Hall–Kier alpha value is -3.15. The number of nitrogens with zero attached hydrogens (tertiary/aromatic N) is 1. The molecule has 0 bridgehead atoms. The van der Waals surface area contributed by atoms with Crippen molar-refractivity contribution >= 4 is 23.4 Å². The van der Waals surface area contributed by atoms with Crippen molar-refractivity contribution in [2.24, 2.45) is 29.3 Å². The number of hydrazine groups is 1. The Kier molecular flexibility index (Phi) is 11.6. The van der Waals surface area contributed by atoms with Crippen LogP contribution in [0.25, 0.3) is 0 Å². The van der Waals surface area contributed by atoms with Crippen molar-refractivity contribution in [2.45, 2.75) is 104 Å². The summed E-state index contributed by atoms with van der Waals surface area (Å²) in [5, 5.41) is 19.0. The van der Waals surface area contributed by atoms with Crippen molar-refractivity contribution in [1.82, 2.24) is 15.6 Å². The van der Waals surface area contributed by atoms with E-state index in [4.69, 9.17) is 21.4 Å². The van der Waals surface area contributed by atoms with Gasteiger partial charge < -0.3 is 36.5 Å². The van der Waals surface area contributed by atoms with Gasteiger partial charge in [-0.15, -0.1) is 0 Å². The van der Waals surface area contributed by atoms with Crippen LogP contribution >= 0.6 is 0 Å². The van der Waals surface area contributed by atoms with Gasteiger partial charge in [-0.1, -0.05) is 26.0 Å². The third-order valence-corrected chi connectivity index (χ3v) is 8.43. The number of aliphatic hydroxyl groups is 1. The van der Waals surface area contributed by atoms with Gasteiger partial charge in [-0.05, 0) is 95.2 Å². The van der Waals surface area contributed by atoms with Gasteiger partial charge in [0.2, 0.25) is 17.7 Å². The maximum atomic E-state index is 13.0. The van der Waals surface area contributed by atoms with Crippen LogP contribution in [0.1, 0.15) is 85.6 Å². The molecule has 43 heavy (non-hydrogen) atoms. The minimum Gasteiger partial charge on any atom is -0.401 e. The summed E-state index contributed by atoms with van der Waals surface area (Å²) in [5.41, 5.74) is 8.18. The summed E-state index contributed by atoms with van der Waals surface area (Å²) in [6.07, 6.45) is 5.27. The SMILES string of the molecule is CC(C)C(NC(=O)CC(C)(C)OCC(C)(C)N(N)/C1=C(\N)CCC2CC2CC1)C(=O)NCC(=O)Nc1ccc(CO)cc1. The smallest absolute Gasteiger partial charge is 0.243 e. The number of nitrogens with one attached hydrogen (secondary N) is 3. The average molecular weight is 601 g/mol. The van der Waals surface area contributed by atoms with Crippen molar-refractivity contribution in [3.8, 4) is 0 Å². The number of fused-ring (bicyclic) bond motifs is 1. The lowest BCUT2D eigenvalue weighted by Crippen LogP contribution is -2.54. The van der Waals surface area contributed by atoms with Crippen LogP contribution in [0.3, 0.4) is 0 Å². The van der Waals surface area contributed by atoms with E-state index in [2.05, 4.69) is 16.0 Å². The molecule has 3 amide bonds. The number of anilines is 1. The third kappa shape index (κ3) is 10.2. The van der Waals surface area contributed by atoms with Crippen LogP contribution in [0.15, 0.2) is 35.7 Å². The van der Waals surface area contributed by atoms with E-state index in [1.807, 2.05) is 41.5 Å². The van der Waals surface area contributed by atoms with E-state index in [-0.39, 0.29) is 38.0 Å². The molecule has 0 radical (unpaired) electrons. The largest absolute Gasteiger partial charge is 0.401 e. The van der Waals surface area contributed by atoms with E-state index in [0.29, 0.717) is 5.69 Å². The Morgan fingerprint density at radius 1 is 1.05 bits per heavy atom. The molecule has 0 spiro atoms. The first-order valence-electron chi connectivity index (χ1n) is 15.3. The fourth-order valence-corrected chi connectivity index (χ4v) is 5.44. The van der Waals surface area contributed by atoms with Crippen LogP contribution in [0.5, 0.6) is 0 Å². The first kappa shape index (κ1) is 34.3. The number of benzene rings is 1. The highest BCUT2D eigenvalue weighted by Gasteiger charge is 2.39. The Morgan fingerprint density at radius 2 is 1.67 bits per heavy atom. The summed E-state index contributed by atoms with van der Waals surface area (Å²) in [6.45, 7) is 11.3. The molecule has 0 heterocycles. The molecular formula is C32H52N6O5. The van der Waals surface area contributed by atoms with Crippen molar-refractivity contribution in [3.63, 3.8) is 0 Å². The van der Waals surface area contributed by atoms with E-state index in [1.165, 1.54) is 6.42 Å². The highest BCUT2D eigenvalue weighted by atomic mass is 16.5. The molecule has 0 saturated heterocycles. The molecule has 1 fully saturated rings. The molecule has 0 aromatic heterocycles. The zero-order chi connectivity index (χ0) is 31.9. The third-order valence-electron chi connectivity index (χ3n) is 8.43. The highest BCUT2D eigenvalue weighted by Crippen LogP contribution is 2.48. The lowest BCUT2D eigenvalue weighted by molar-refractivity contribution is -0.135. The number of aliphatic hydroxyl groups excluding tert-OH is 1. The van der Waals surface area contributed by atoms with Gasteiger partial charge in [0.25, 0.3) is 0 Å². The molecule has 2 aliphatic rings. The Bertz CT molecular complexity index is 1160. The summed E-state index contributed by atoms with van der Waals surface area (Å²) in [6, 6.07) is 5.92. The van der Waals surface area contributed by atoms with Crippen molar-refractivity contribution in [2.75, 3.05) is 18.5 Å². The van der Waals surface area contributed by atoms with Crippen LogP contribution in [0.2, 0.25) is 0 Å². The standard InChI is InChI=1S/C32H52N6O5/c1-20(2)29(30(42)35-17-28(41)36-24-11-7-21(18-39)8-12-24)37-27(40)16-32(5,6)43-19-31(3,4)38(34)26-14-10-23-15-22(23)9-13-25(26)33/h7-8,11-12,20,22-23,29,39H,9-10,13-19,33-34H2,1-6H3,(H,35,42)(H,36,41)(H,37,40)/b26-25-. The molecule has 240 valence electrons. The highest BCUT2D eigenvalue weighted by molar-refractivity contribution is 5.96. The first-order chi connectivity index (χ1) is 20.1. The number of hydrogen-bond acceptors (Lipinski definition) is 8. The molecule has 1 aromatic rings. The molecule has 3 rings (SSSR count). The number of hydrogen-bond donors (Lipinski definition) is 6. The molecule has 1 saturated carbocycles. The second-order valence-electron chi connectivity index (χ2n) is 13.6. The summed E-state index contributed by atoms with van der Waals surface area (Å²) < 4.78 is 6.24. The molecule has 0 aliphatic heterocycles. The number of nitrogens with two attached hydrogens (primary N) is 2. The lowest BCUT2D eigenvalue weighted by atomic mass is 9.97. The van der Waals surface area contributed by atoms with Gasteiger partial charge in [0, 0.05) is 17.1 Å². The van der Waals surface area contributed by atoms with Crippen molar-refractivity contribution in [3.05, 3.63) is 41.2 Å². The Balaban J connectivity index is 1.49. The Labute approximate surface area is 256 Å². The van der Waals surface area contributed by atoms with E-state index in [1.54, 1.807) is 29.3 Å². The molecular weight excluding hydrogens is 548 g/mol.